The Morgan fingerprint density at radius 3 is 2.62 bits per heavy atom. The molecule has 2 atom stereocenters. The van der Waals surface area contributed by atoms with Gasteiger partial charge in [0.2, 0.25) is 5.96 Å². The van der Waals surface area contributed by atoms with Gasteiger partial charge in [0.1, 0.15) is 29.3 Å². The summed E-state index contributed by atoms with van der Waals surface area (Å²) in [7, 11) is 0. The molecule has 39 heavy (non-hydrogen) atoms. The fraction of sp³-hybridized carbons (Fsp3) is 0.222. The van der Waals surface area contributed by atoms with E-state index < -0.39 is 6.04 Å². The Bertz CT molecular complexity index is 1490. The van der Waals surface area contributed by atoms with Gasteiger partial charge in [0.25, 0.3) is 5.91 Å². The summed E-state index contributed by atoms with van der Waals surface area (Å²) in [5, 5.41) is 26.9. The molecule has 1 amide bonds. The van der Waals surface area contributed by atoms with Crippen molar-refractivity contribution in [2.24, 2.45) is 4.99 Å². The highest BCUT2D eigenvalue weighted by atomic mass is 16.5. The first-order valence-electron chi connectivity index (χ1n) is 12.1. The number of hydrogen-bond donors (Lipinski definition) is 5. The molecule has 2 heterocycles. The molecule has 1 aliphatic rings. The molecule has 0 radical (unpaired) electrons. The number of carbonyl (C=O) groups excluding carboxylic acids is 1. The van der Waals surface area contributed by atoms with Gasteiger partial charge in [-0.2, -0.15) is 10.5 Å². The third kappa shape index (κ3) is 5.76. The second-order valence-electron chi connectivity index (χ2n) is 8.53. The van der Waals surface area contributed by atoms with Crippen LogP contribution in [0.15, 0.2) is 53.5 Å². The lowest BCUT2D eigenvalue weighted by Gasteiger charge is -2.26. The zero-order valence-corrected chi connectivity index (χ0v) is 21.4. The predicted molar refractivity (Wildman–Crippen MR) is 146 cm³/mol. The Morgan fingerprint density at radius 1 is 1.15 bits per heavy atom. The molecule has 0 fully saturated rings. The van der Waals surface area contributed by atoms with Crippen LogP contribution in [0, 0.1) is 22.8 Å². The van der Waals surface area contributed by atoms with E-state index in [2.05, 4.69) is 25.9 Å². The molecule has 0 spiro atoms. The number of anilines is 3. The molecule has 12 heteroatoms. The highest BCUT2D eigenvalue weighted by Gasteiger charge is 2.30. The Balaban J connectivity index is 1.61. The minimum atomic E-state index is -0.749. The molecule has 1 aromatic heterocycles. The third-order valence-electron chi connectivity index (χ3n) is 5.98. The topological polar surface area (TPSA) is 196 Å². The SMILES string of the molecule is CCOc1cc(C2N=C(NC#N)Nc3nc(N)c(C#N)c(N)c32)ccc1OCC(=O)NC(C)c1ccccc1. The van der Waals surface area contributed by atoms with Gasteiger partial charge >= 0.3 is 0 Å². The molecule has 0 saturated heterocycles. The van der Waals surface area contributed by atoms with E-state index in [4.69, 9.17) is 26.2 Å². The highest BCUT2D eigenvalue weighted by Crippen LogP contribution is 2.42. The highest BCUT2D eigenvalue weighted by molar-refractivity contribution is 5.98. The first kappa shape index (κ1) is 26.6. The van der Waals surface area contributed by atoms with Crippen LogP contribution in [-0.2, 0) is 4.79 Å². The van der Waals surface area contributed by atoms with Gasteiger partial charge in [-0.15, -0.1) is 0 Å². The molecule has 4 rings (SSSR count). The molecule has 0 saturated carbocycles. The lowest BCUT2D eigenvalue weighted by atomic mass is 9.95. The van der Waals surface area contributed by atoms with Crippen molar-refractivity contribution in [1.82, 2.24) is 15.6 Å². The first-order valence-corrected chi connectivity index (χ1v) is 12.1. The number of nitrogens with two attached hydrogens (primary N) is 2. The van der Waals surface area contributed by atoms with Crippen LogP contribution in [0.2, 0.25) is 0 Å². The quantitative estimate of drug-likeness (QED) is 0.215. The van der Waals surface area contributed by atoms with Gasteiger partial charge in [-0.25, -0.2) is 9.98 Å². The van der Waals surface area contributed by atoms with Crippen molar-refractivity contribution < 1.29 is 14.3 Å². The second kappa shape index (κ2) is 11.7. The van der Waals surface area contributed by atoms with E-state index in [1.54, 1.807) is 18.2 Å². The number of fused-ring (bicyclic) bond motifs is 1. The third-order valence-corrected chi connectivity index (χ3v) is 5.98. The van der Waals surface area contributed by atoms with E-state index in [1.165, 1.54) is 0 Å². The van der Waals surface area contributed by atoms with Crippen LogP contribution in [0.5, 0.6) is 11.5 Å². The van der Waals surface area contributed by atoms with E-state index in [1.807, 2.05) is 56.4 Å². The Hall–Kier alpha value is -5.49. The number of nitrogens with one attached hydrogen (secondary N) is 3. The van der Waals surface area contributed by atoms with Crippen molar-refractivity contribution in [3.63, 3.8) is 0 Å². The van der Waals surface area contributed by atoms with E-state index in [0.717, 1.165) is 5.56 Å². The summed E-state index contributed by atoms with van der Waals surface area (Å²) in [6.07, 6.45) is 1.82. The number of benzene rings is 2. The number of aromatic nitrogens is 1. The zero-order chi connectivity index (χ0) is 27.9. The van der Waals surface area contributed by atoms with Gasteiger partial charge in [-0.05, 0) is 37.1 Å². The van der Waals surface area contributed by atoms with E-state index in [9.17, 15) is 10.1 Å². The van der Waals surface area contributed by atoms with Gasteiger partial charge in [0.05, 0.1) is 18.3 Å². The standard InChI is InChI=1S/C27H27N9O3/c1-3-38-20-11-17(9-10-19(20)39-13-21(37)33-15(2)16-7-5-4-6-8-16)24-22-23(30)18(12-28)25(31)35-26(22)36-27(34-24)32-14-29/h4-11,15,24H,3,13H2,1-2H3,(H,33,37)(H6,30,31,32,34,35,36). The number of pyridine rings is 1. The van der Waals surface area contributed by atoms with Crippen LogP contribution >= 0.6 is 0 Å². The number of nitriles is 2. The van der Waals surface area contributed by atoms with Crippen LogP contribution in [0.4, 0.5) is 17.3 Å². The lowest BCUT2D eigenvalue weighted by molar-refractivity contribution is -0.123. The van der Waals surface area contributed by atoms with Crippen LogP contribution in [0.1, 0.15) is 48.2 Å². The van der Waals surface area contributed by atoms with Gasteiger partial charge in [0.15, 0.2) is 24.3 Å². The van der Waals surface area contributed by atoms with Crippen molar-refractivity contribution >= 4 is 29.2 Å². The van der Waals surface area contributed by atoms with Crippen LogP contribution in [0.3, 0.4) is 0 Å². The normalized spacial score (nSPS) is 14.4. The summed E-state index contributed by atoms with van der Waals surface area (Å²) < 4.78 is 11.6. The maximum atomic E-state index is 12.6. The van der Waals surface area contributed by atoms with Gasteiger partial charge in [-0.3, -0.25) is 10.1 Å². The number of amides is 1. The first-order chi connectivity index (χ1) is 18.9. The average Bonchev–Trinajstić information content (AvgIpc) is 2.93. The van der Waals surface area contributed by atoms with E-state index >= 15 is 0 Å². The van der Waals surface area contributed by atoms with Crippen molar-refractivity contribution in [2.45, 2.75) is 25.9 Å². The molecular weight excluding hydrogens is 498 g/mol. The molecule has 198 valence electrons. The number of nitrogens with zero attached hydrogens (tertiary/aromatic N) is 4. The Kier molecular flexibility index (Phi) is 7.98. The maximum absolute atomic E-state index is 12.6. The number of rotatable bonds is 8. The molecule has 0 aliphatic carbocycles. The summed E-state index contributed by atoms with van der Waals surface area (Å²) in [6.45, 7) is 3.83. The fourth-order valence-corrected chi connectivity index (χ4v) is 4.16. The van der Waals surface area contributed by atoms with E-state index in [-0.39, 0.29) is 47.4 Å². The number of hydrogen-bond acceptors (Lipinski definition) is 11. The Morgan fingerprint density at radius 2 is 1.92 bits per heavy atom. The molecule has 12 nitrogen and oxygen atoms in total. The van der Waals surface area contributed by atoms with Gasteiger partial charge in [-0.1, -0.05) is 36.4 Å². The smallest absolute Gasteiger partial charge is 0.258 e. The molecule has 7 N–H and O–H groups in total. The van der Waals surface area contributed by atoms with Crippen LogP contribution in [-0.4, -0.2) is 30.1 Å². The number of guanidine groups is 1. The lowest BCUT2D eigenvalue weighted by Crippen LogP contribution is -2.32. The van der Waals surface area contributed by atoms with Gasteiger partial charge in [0, 0.05) is 5.56 Å². The minimum absolute atomic E-state index is 0.0353. The predicted octanol–water partition coefficient (Wildman–Crippen LogP) is 2.71. The van der Waals surface area contributed by atoms with Gasteiger partial charge < -0.3 is 31.6 Å². The van der Waals surface area contributed by atoms with Crippen LogP contribution in [0.25, 0.3) is 0 Å². The minimum Gasteiger partial charge on any atom is -0.490 e. The number of ether oxygens (including phenoxy) is 2. The summed E-state index contributed by atoms with van der Waals surface area (Å²) in [6, 6.07) is 15.8. The zero-order valence-electron chi connectivity index (χ0n) is 21.4. The van der Waals surface area contributed by atoms with Crippen molar-refractivity contribution in [3.8, 4) is 23.8 Å². The van der Waals surface area contributed by atoms with Crippen molar-refractivity contribution in [2.75, 3.05) is 30.0 Å². The summed E-state index contributed by atoms with van der Waals surface area (Å²) in [4.78, 5) is 21.4. The molecule has 2 unspecified atom stereocenters. The summed E-state index contributed by atoms with van der Waals surface area (Å²) in [5.74, 6) is 0.807. The molecular formula is C27H27N9O3. The molecule has 3 aromatic rings. The molecule has 2 aromatic carbocycles. The number of nitrogen functional groups attached to an aromatic ring is 2. The van der Waals surface area contributed by atoms with Crippen molar-refractivity contribution in [3.05, 3.63) is 70.8 Å². The maximum Gasteiger partial charge on any atom is 0.258 e. The number of aliphatic imine (C=N–C) groups is 1. The van der Waals surface area contributed by atoms with Crippen LogP contribution < -0.4 is 36.9 Å². The average molecular weight is 526 g/mol. The summed E-state index contributed by atoms with van der Waals surface area (Å²) in [5.41, 5.74) is 14.4. The molecule has 1 aliphatic heterocycles. The fourth-order valence-electron chi connectivity index (χ4n) is 4.16. The Labute approximate surface area is 225 Å². The monoisotopic (exact) mass is 525 g/mol. The molecule has 0 bridgehead atoms. The summed E-state index contributed by atoms with van der Waals surface area (Å²) >= 11 is 0. The largest absolute Gasteiger partial charge is 0.490 e. The second-order valence-corrected chi connectivity index (χ2v) is 8.53. The van der Waals surface area contributed by atoms with E-state index in [0.29, 0.717) is 29.2 Å². The number of carbonyl (C=O) groups is 1. The van der Waals surface area contributed by atoms with Crippen molar-refractivity contribution in [1.29, 1.82) is 10.5 Å².